The first-order valence-electron chi connectivity index (χ1n) is 14.8. The maximum absolute atomic E-state index is 12.3. The highest BCUT2D eigenvalue weighted by Gasteiger charge is 2.38. The number of aliphatic carboxylic acids is 1. The lowest BCUT2D eigenvalue weighted by Crippen LogP contribution is -2.38. The summed E-state index contributed by atoms with van der Waals surface area (Å²) in [6.07, 6.45) is -0.558. The van der Waals surface area contributed by atoms with E-state index in [1.54, 1.807) is 11.7 Å². The number of nitrogens with zero attached hydrogens (tertiary/aromatic N) is 4. The number of thioether (sulfide) groups is 1. The van der Waals surface area contributed by atoms with E-state index in [-0.39, 0.29) is 43.5 Å². The van der Waals surface area contributed by atoms with Crippen LogP contribution in [0.15, 0.2) is 78.0 Å². The largest absolute Gasteiger partial charge is 0.481 e. The number of benzene rings is 3. The molecule has 3 aromatic carbocycles. The summed E-state index contributed by atoms with van der Waals surface area (Å²) < 4.78 is 14.8. The van der Waals surface area contributed by atoms with Gasteiger partial charge in [0.1, 0.15) is 0 Å². The summed E-state index contributed by atoms with van der Waals surface area (Å²) in [5.41, 5.74) is 5.66. The van der Waals surface area contributed by atoms with Gasteiger partial charge >= 0.3 is 5.97 Å². The molecule has 0 saturated carbocycles. The molecule has 0 radical (unpaired) electrons. The number of amides is 1. The summed E-state index contributed by atoms with van der Waals surface area (Å²) in [7, 11) is 1.81. The highest BCUT2D eigenvalue weighted by Crippen LogP contribution is 2.43. The summed E-state index contributed by atoms with van der Waals surface area (Å²) in [6, 6.07) is 23.7. The quantitative estimate of drug-likeness (QED) is 0.175. The van der Waals surface area contributed by atoms with Gasteiger partial charge in [0.15, 0.2) is 6.29 Å². The molecule has 3 N–H and O–H groups in total. The molecular weight excluding hydrogens is 594 g/mol. The van der Waals surface area contributed by atoms with Gasteiger partial charge in [-0.05, 0) is 44.7 Å². The average molecular weight is 632 g/mol. The van der Waals surface area contributed by atoms with E-state index in [0.717, 1.165) is 33.4 Å². The van der Waals surface area contributed by atoms with Gasteiger partial charge in [-0.3, -0.25) is 9.59 Å². The third-order valence-electron chi connectivity index (χ3n) is 7.86. The molecule has 236 valence electrons. The fourth-order valence-corrected chi connectivity index (χ4v) is 6.28. The van der Waals surface area contributed by atoms with Gasteiger partial charge in [-0.15, -0.1) is 5.10 Å². The van der Waals surface area contributed by atoms with E-state index >= 15 is 0 Å². The van der Waals surface area contributed by atoms with Crippen molar-refractivity contribution in [1.82, 2.24) is 25.5 Å². The van der Waals surface area contributed by atoms with Crippen molar-refractivity contribution in [1.29, 1.82) is 0 Å². The SMILES string of the molecule is CC1C(CSc2nnnn2C)OC(c2ccc(-c3ccccc3CNC(=O)CCCC(=O)O)cc2)OC1c1ccc(CO)cc1. The summed E-state index contributed by atoms with van der Waals surface area (Å²) >= 11 is 1.54. The van der Waals surface area contributed by atoms with E-state index in [1.807, 2.05) is 72.8 Å². The van der Waals surface area contributed by atoms with Crippen molar-refractivity contribution in [3.05, 3.63) is 95.1 Å². The highest BCUT2D eigenvalue weighted by atomic mass is 32.2. The number of aryl methyl sites for hydroxylation is 1. The molecule has 1 fully saturated rings. The fourth-order valence-electron chi connectivity index (χ4n) is 5.27. The summed E-state index contributed by atoms with van der Waals surface area (Å²) in [4.78, 5) is 23.0. The second-order valence-corrected chi connectivity index (χ2v) is 12.0. The van der Waals surface area contributed by atoms with Crippen LogP contribution in [0.3, 0.4) is 0 Å². The minimum absolute atomic E-state index is 0.0211. The van der Waals surface area contributed by atoms with E-state index in [4.69, 9.17) is 14.6 Å². The van der Waals surface area contributed by atoms with Crippen LogP contribution < -0.4 is 5.32 Å². The Balaban J connectivity index is 1.32. The number of hydrogen-bond acceptors (Lipinski definition) is 9. The van der Waals surface area contributed by atoms with Gasteiger partial charge in [-0.1, -0.05) is 91.5 Å². The number of tetrazole rings is 1. The number of nitrogens with one attached hydrogen (secondary N) is 1. The number of carboxylic acid groups (broad SMARTS) is 1. The van der Waals surface area contributed by atoms with E-state index in [9.17, 15) is 14.7 Å². The van der Waals surface area contributed by atoms with Crippen molar-refractivity contribution in [3.63, 3.8) is 0 Å². The standard InChI is InChI=1S/C33H37N5O6S/c1-21-28(20-45-33-35-36-37-38(33)2)43-32(44-31(21)24-12-10-22(19-39)11-13-24)25-16-14-23(15-17-25)27-7-4-3-6-26(27)18-34-29(40)8-5-9-30(41)42/h3-4,6-7,10-17,21,28,31-32,39H,5,8-9,18-20H2,1-2H3,(H,34,40)(H,41,42). The minimum Gasteiger partial charge on any atom is -0.481 e. The van der Waals surface area contributed by atoms with Crippen LogP contribution in [0, 0.1) is 5.92 Å². The Morgan fingerprint density at radius 1 is 0.978 bits per heavy atom. The average Bonchev–Trinajstić information content (AvgIpc) is 3.47. The number of carboxylic acids is 1. The van der Waals surface area contributed by atoms with Gasteiger partial charge in [-0.2, -0.15) is 0 Å². The van der Waals surface area contributed by atoms with Crippen LogP contribution in [0.2, 0.25) is 0 Å². The zero-order chi connectivity index (χ0) is 31.8. The molecule has 4 unspecified atom stereocenters. The van der Waals surface area contributed by atoms with Crippen molar-refractivity contribution in [2.24, 2.45) is 13.0 Å². The second-order valence-electron chi connectivity index (χ2n) is 11.0. The zero-order valence-electron chi connectivity index (χ0n) is 25.2. The van der Waals surface area contributed by atoms with Crippen molar-refractivity contribution < 1.29 is 29.3 Å². The molecular formula is C33H37N5O6S. The maximum atomic E-state index is 12.3. The molecule has 4 atom stereocenters. The third kappa shape index (κ3) is 8.34. The molecule has 45 heavy (non-hydrogen) atoms. The van der Waals surface area contributed by atoms with Gasteiger partial charge in [0.25, 0.3) is 0 Å². The molecule has 4 aromatic rings. The van der Waals surface area contributed by atoms with Gasteiger partial charge in [0.2, 0.25) is 11.1 Å². The molecule has 0 spiro atoms. The third-order valence-corrected chi connectivity index (χ3v) is 8.96. The van der Waals surface area contributed by atoms with Crippen molar-refractivity contribution in [2.75, 3.05) is 5.75 Å². The van der Waals surface area contributed by atoms with Crippen LogP contribution in [-0.4, -0.2) is 54.2 Å². The van der Waals surface area contributed by atoms with Crippen LogP contribution in [-0.2, 0) is 39.3 Å². The Labute approximate surface area is 266 Å². The number of hydrogen-bond donors (Lipinski definition) is 3. The Hall–Kier alpha value is -4.10. The lowest BCUT2D eigenvalue weighted by Gasteiger charge is -2.41. The number of rotatable bonds is 13. The van der Waals surface area contributed by atoms with Crippen LogP contribution in [0.25, 0.3) is 11.1 Å². The molecule has 12 heteroatoms. The van der Waals surface area contributed by atoms with E-state index in [2.05, 4.69) is 27.8 Å². The molecule has 1 saturated heterocycles. The number of aliphatic hydroxyl groups is 1. The Kier molecular flexibility index (Phi) is 11.0. The molecule has 5 rings (SSSR count). The van der Waals surface area contributed by atoms with Crippen LogP contribution in [0.1, 0.15) is 60.8 Å². The maximum Gasteiger partial charge on any atom is 0.303 e. The van der Waals surface area contributed by atoms with Crippen molar-refractivity contribution >= 4 is 23.6 Å². The number of aromatic nitrogens is 4. The van der Waals surface area contributed by atoms with Gasteiger partial charge in [0, 0.05) is 43.7 Å². The smallest absolute Gasteiger partial charge is 0.303 e. The molecule has 1 aliphatic heterocycles. The Morgan fingerprint density at radius 2 is 1.71 bits per heavy atom. The predicted molar refractivity (Wildman–Crippen MR) is 168 cm³/mol. The van der Waals surface area contributed by atoms with Crippen LogP contribution in [0.4, 0.5) is 0 Å². The zero-order valence-corrected chi connectivity index (χ0v) is 26.0. The van der Waals surface area contributed by atoms with E-state index in [1.165, 1.54) is 11.8 Å². The predicted octanol–water partition coefficient (Wildman–Crippen LogP) is 4.82. The molecule has 11 nitrogen and oxygen atoms in total. The topological polar surface area (TPSA) is 149 Å². The number of aliphatic hydroxyl groups excluding tert-OH is 1. The van der Waals surface area contributed by atoms with E-state index < -0.39 is 12.3 Å². The molecule has 0 bridgehead atoms. The number of ether oxygens (including phenoxy) is 2. The van der Waals surface area contributed by atoms with Gasteiger partial charge < -0.3 is 25.0 Å². The fraction of sp³-hybridized carbons (Fsp3) is 0.364. The van der Waals surface area contributed by atoms with E-state index in [0.29, 0.717) is 23.9 Å². The van der Waals surface area contributed by atoms with Gasteiger partial charge in [0.05, 0.1) is 18.8 Å². The normalized spacial score (nSPS) is 19.7. The Bertz CT molecular complexity index is 1580. The first-order chi connectivity index (χ1) is 21.8. The highest BCUT2D eigenvalue weighted by molar-refractivity contribution is 7.99. The van der Waals surface area contributed by atoms with Crippen LogP contribution >= 0.6 is 11.8 Å². The second kappa shape index (κ2) is 15.3. The summed E-state index contributed by atoms with van der Waals surface area (Å²) in [5.74, 6) is -0.420. The molecule has 0 aliphatic carbocycles. The monoisotopic (exact) mass is 631 g/mol. The summed E-state index contributed by atoms with van der Waals surface area (Å²) in [6.45, 7) is 2.44. The first-order valence-corrected chi connectivity index (χ1v) is 15.8. The lowest BCUT2D eigenvalue weighted by atomic mass is 9.91. The number of carbonyl (C=O) groups is 2. The number of carbonyl (C=O) groups excluding carboxylic acids is 1. The molecule has 1 aliphatic rings. The summed E-state index contributed by atoms with van der Waals surface area (Å²) in [5, 5.41) is 33.7. The minimum atomic E-state index is -0.906. The van der Waals surface area contributed by atoms with Crippen molar-refractivity contribution in [2.45, 2.75) is 63.0 Å². The molecule has 1 amide bonds. The molecule has 1 aromatic heterocycles. The lowest BCUT2D eigenvalue weighted by molar-refractivity contribution is -0.268. The van der Waals surface area contributed by atoms with Gasteiger partial charge in [-0.25, -0.2) is 4.68 Å². The van der Waals surface area contributed by atoms with Crippen LogP contribution in [0.5, 0.6) is 0 Å². The first kappa shape index (κ1) is 32.3. The van der Waals surface area contributed by atoms with Crippen molar-refractivity contribution in [3.8, 4) is 11.1 Å². The molecule has 2 heterocycles. The Morgan fingerprint density at radius 3 is 2.40 bits per heavy atom.